The molecular weight excluding hydrogens is 210 g/mol. The van der Waals surface area contributed by atoms with Gasteiger partial charge in [0.25, 0.3) is 0 Å². The maximum absolute atomic E-state index is 11.5. The Hall–Kier alpha value is -1.02. The van der Waals surface area contributed by atoms with Crippen molar-refractivity contribution >= 4 is 17.5 Å². The summed E-state index contributed by atoms with van der Waals surface area (Å²) in [6.45, 7) is 0.604. The van der Waals surface area contributed by atoms with Gasteiger partial charge in [0, 0.05) is 17.5 Å². The molecule has 80 valence electrons. The van der Waals surface area contributed by atoms with Crippen molar-refractivity contribution in [3.8, 4) is 0 Å². The van der Waals surface area contributed by atoms with Crippen LogP contribution in [0.1, 0.15) is 24.8 Å². The fourth-order valence-corrected chi connectivity index (χ4v) is 1.73. The zero-order valence-electron chi connectivity index (χ0n) is 8.50. The molecule has 1 aliphatic rings. The Morgan fingerprint density at radius 3 is 2.53 bits per heavy atom. The summed E-state index contributed by atoms with van der Waals surface area (Å²) in [6.07, 6.45) is 3.29. The first-order chi connectivity index (χ1) is 7.25. The minimum absolute atomic E-state index is 0.191. The van der Waals surface area contributed by atoms with E-state index in [-0.39, 0.29) is 11.8 Å². The first-order valence-corrected chi connectivity index (χ1v) is 5.65. The third-order valence-corrected chi connectivity index (χ3v) is 3.11. The average molecular weight is 224 g/mol. The van der Waals surface area contributed by atoms with E-state index in [1.165, 1.54) is 6.42 Å². The molecule has 0 unspecified atom stereocenters. The Labute approximate surface area is 94.6 Å². The van der Waals surface area contributed by atoms with Gasteiger partial charge >= 0.3 is 0 Å². The molecule has 1 aromatic carbocycles. The molecular formula is C12H14ClNO. The van der Waals surface area contributed by atoms with Gasteiger partial charge in [0.1, 0.15) is 0 Å². The highest BCUT2D eigenvalue weighted by Gasteiger charge is 2.24. The van der Waals surface area contributed by atoms with E-state index in [0.717, 1.165) is 23.4 Å². The zero-order chi connectivity index (χ0) is 10.7. The Bertz CT molecular complexity index is 343. The summed E-state index contributed by atoms with van der Waals surface area (Å²) in [5.74, 6) is 0.452. The highest BCUT2D eigenvalue weighted by atomic mass is 35.5. The van der Waals surface area contributed by atoms with E-state index in [1.807, 2.05) is 24.3 Å². The molecule has 0 aromatic heterocycles. The number of carbonyl (C=O) groups is 1. The Kier molecular flexibility index (Phi) is 3.27. The van der Waals surface area contributed by atoms with Crippen molar-refractivity contribution in [1.82, 2.24) is 5.32 Å². The van der Waals surface area contributed by atoms with Crippen LogP contribution in [0.15, 0.2) is 24.3 Å². The molecule has 0 spiro atoms. The average Bonchev–Trinajstić information content (AvgIpc) is 2.14. The van der Waals surface area contributed by atoms with Gasteiger partial charge in [-0.2, -0.15) is 0 Å². The number of benzene rings is 1. The molecule has 1 aliphatic carbocycles. The molecule has 0 aliphatic heterocycles. The van der Waals surface area contributed by atoms with Gasteiger partial charge < -0.3 is 5.32 Å². The van der Waals surface area contributed by atoms with Crippen LogP contribution in [0.4, 0.5) is 0 Å². The number of nitrogens with one attached hydrogen (secondary N) is 1. The highest BCUT2D eigenvalue weighted by molar-refractivity contribution is 6.30. The largest absolute Gasteiger partial charge is 0.352 e. The van der Waals surface area contributed by atoms with Gasteiger partial charge in [0.2, 0.25) is 5.91 Å². The monoisotopic (exact) mass is 223 g/mol. The summed E-state index contributed by atoms with van der Waals surface area (Å²) >= 11 is 5.77. The van der Waals surface area contributed by atoms with Gasteiger partial charge in [-0.05, 0) is 30.5 Å². The molecule has 15 heavy (non-hydrogen) atoms. The standard InChI is InChI=1S/C12H14ClNO/c13-11-6-4-9(5-7-11)8-14-12(15)10-2-1-3-10/h4-7,10H,1-3,8H2,(H,14,15). The summed E-state index contributed by atoms with van der Waals surface area (Å²) in [4.78, 5) is 11.5. The summed E-state index contributed by atoms with van der Waals surface area (Å²) in [6, 6.07) is 7.55. The maximum Gasteiger partial charge on any atom is 0.223 e. The van der Waals surface area contributed by atoms with E-state index >= 15 is 0 Å². The first kappa shape index (κ1) is 10.5. The first-order valence-electron chi connectivity index (χ1n) is 5.28. The number of carbonyl (C=O) groups excluding carboxylic acids is 1. The predicted molar refractivity (Wildman–Crippen MR) is 60.6 cm³/mol. The molecule has 1 saturated carbocycles. The van der Waals surface area contributed by atoms with Crippen molar-refractivity contribution in [2.75, 3.05) is 0 Å². The molecule has 2 rings (SSSR count). The molecule has 1 aromatic rings. The molecule has 0 radical (unpaired) electrons. The van der Waals surface area contributed by atoms with Crippen LogP contribution < -0.4 is 5.32 Å². The SMILES string of the molecule is O=C(NCc1ccc(Cl)cc1)C1CCC1. The summed E-state index contributed by atoms with van der Waals surface area (Å²) in [5.41, 5.74) is 1.09. The van der Waals surface area contributed by atoms with Gasteiger partial charge in [-0.1, -0.05) is 30.2 Å². The summed E-state index contributed by atoms with van der Waals surface area (Å²) < 4.78 is 0. The Morgan fingerprint density at radius 2 is 2.00 bits per heavy atom. The van der Waals surface area contributed by atoms with Crippen molar-refractivity contribution in [3.63, 3.8) is 0 Å². The van der Waals surface area contributed by atoms with Crippen molar-refractivity contribution in [2.24, 2.45) is 5.92 Å². The van der Waals surface area contributed by atoms with E-state index in [9.17, 15) is 4.79 Å². The van der Waals surface area contributed by atoms with E-state index in [4.69, 9.17) is 11.6 Å². The molecule has 0 heterocycles. The molecule has 2 nitrogen and oxygen atoms in total. The maximum atomic E-state index is 11.5. The van der Waals surface area contributed by atoms with Gasteiger partial charge in [0.05, 0.1) is 0 Å². The van der Waals surface area contributed by atoms with Crippen molar-refractivity contribution < 1.29 is 4.79 Å². The molecule has 3 heteroatoms. The zero-order valence-corrected chi connectivity index (χ0v) is 9.26. The normalized spacial score (nSPS) is 15.8. The van der Waals surface area contributed by atoms with Gasteiger partial charge in [-0.25, -0.2) is 0 Å². The Morgan fingerprint density at radius 1 is 1.33 bits per heavy atom. The Balaban J connectivity index is 1.82. The van der Waals surface area contributed by atoms with Gasteiger partial charge in [-0.3, -0.25) is 4.79 Å². The lowest BCUT2D eigenvalue weighted by Gasteiger charge is -2.24. The molecule has 1 N–H and O–H groups in total. The lowest BCUT2D eigenvalue weighted by Crippen LogP contribution is -2.33. The second-order valence-corrected chi connectivity index (χ2v) is 4.41. The molecule has 0 atom stereocenters. The number of amides is 1. The lowest BCUT2D eigenvalue weighted by molar-refractivity contribution is -0.127. The molecule has 1 fully saturated rings. The van der Waals surface area contributed by atoms with Crippen LogP contribution in [0.5, 0.6) is 0 Å². The van der Waals surface area contributed by atoms with Gasteiger partial charge in [0.15, 0.2) is 0 Å². The summed E-state index contributed by atoms with van der Waals surface area (Å²) in [7, 11) is 0. The second kappa shape index (κ2) is 4.67. The second-order valence-electron chi connectivity index (χ2n) is 3.97. The third-order valence-electron chi connectivity index (χ3n) is 2.86. The van der Waals surface area contributed by atoms with Gasteiger partial charge in [-0.15, -0.1) is 0 Å². The fourth-order valence-electron chi connectivity index (χ4n) is 1.61. The van der Waals surface area contributed by atoms with Crippen molar-refractivity contribution in [2.45, 2.75) is 25.8 Å². The van der Waals surface area contributed by atoms with Crippen LogP contribution in [0.3, 0.4) is 0 Å². The lowest BCUT2D eigenvalue weighted by atomic mass is 9.85. The van der Waals surface area contributed by atoms with Crippen molar-refractivity contribution in [3.05, 3.63) is 34.9 Å². The fraction of sp³-hybridized carbons (Fsp3) is 0.417. The third kappa shape index (κ3) is 2.72. The molecule has 0 saturated heterocycles. The van der Waals surface area contributed by atoms with E-state index in [0.29, 0.717) is 6.54 Å². The van der Waals surface area contributed by atoms with E-state index in [1.54, 1.807) is 0 Å². The number of hydrogen-bond donors (Lipinski definition) is 1. The van der Waals surface area contributed by atoms with Crippen LogP contribution >= 0.6 is 11.6 Å². The van der Waals surface area contributed by atoms with Crippen LogP contribution in [0.25, 0.3) is 0 Å². The van der Waals surface area contributed by atoms with Crippen LogP contribution in [0.2, 0.25) is 5.02 Å². The van der Waals surface area contributed by atoms with Crippen LogP contribution in [0, 0.1) is 5.92 Å². The predicted octanol–water partition coefficient (Wildman–Crippen LogP) is 2.76. The number of halogens is 1. The number of hydrogen-bond acceptors (Lipinski definition) is 1. The number of rotatable bonds is 3. The minimum Gasteiger partial charge on any atom is -0.352 e. The van der Waals surface area contributed by atoms with Crippen molar-refractivity contribution in [1.29, 1.82) is 0 Å². The van der Waals surface area contributed by atoms with Crippen LogP contribution in [-0.2, 0) is 11.3 Å². The van der Waals surface area contributed by atoms with E-state index in [2.05, 4.69) is 5.32 Å². The quantitative estimate of drug-likeness (QED) is 0.839. The van der Waals surface area contributed by atoms with E-state index < -0.39 is 0 Å². The van der Waals surface area contributed by atoms with Crippen LogP contribution in [-0.4, -0.2) is 5.91 Å². The highest BCUT2D eigenvalue weighted by Crippen LogP contribution is 2.26. The smallest absolute Gasteiger partial charge is 0.223 e. The molecule has 1 amide bonds. The topological polar surface area (TPSA) is 29.1 Å². The molecule has 0 bridgehead atoms. The summed E-state index contributed by atoms with van der Waals surface area (Å²) in [5, 5.41) is 3.66. The minimum atomic E-state index is 0.191.